The van der Waals surface area contributed by atoms with Crippen molar-refractivity contribution in [2.24, 2.45) is 5.92 Å². The lowest BCUT2D eigenvalue weighted by Gasteiger charge is -2.22. The van der Waals surface area contributed by atoms with Crippen molar-refractivity contribution in [2.45, 2.75) is 70.6 Å². The third-order valence-corrected chi connectivity index (χ3v) is 4.02. The van der Waals surface area contributed by atoms with Gasteiger partial charge in [-0.1, -0.05) is 44.1 Å². The average molecular weight is 220 g/mol. The molecular formula is C15H24O. The summed E-state index contributed by atoms with van der Waals surface area (Å²) in [5.74, 6) is 1.07. The molecule has 1 atom stereocenters. The predicted octanol–water partition coefficient (Wildman–Crippen LogP) is 4.42. The highest BCUT2D eigenvalue weighted by Gasteiger charge is 2.20. The van der Waals surface area contributed by atoms with Gasteiger partial charge in [-0.2, -0.15) is 0 Å². The highest BCUT2D eigenvalue weighted by atomic mass is 16.1. The molecule has 1 heteroatoms. The van der Waals surface area contributed by atoms with Gasteiger partial charge in [0.25, 0.3) is 0 Å². The van der Waals surface area contributed by atoms with Gasteiger partial charge in [0.1, 0.15) is 0 Å². The van der Waals surface area contributed by atoms with Crippen LogP contribution in [0.15, 0.2) is 11.6 Å². The van der Waals surface area contributed by atoms with E-state index in [1.165, 1.54) is 69.8 Å². The van der Waals surface area contributed by atoms with E-state index in [2.05, 4.69) is 0 Å². The number of rotatable bonds is 0. The molecule has 0 N–H and O–H groups in total. The van der Waals surface area contributed by atoms with Crippen molar-refractivity contribution in [3.63, 3.8) is 0 Å². The Bertz CT molecular complexity index is 265. The van der Waals surface area contributed by atoms with Crippen LogP contribution >= 0.6 is 0 Å². The lowest BCUT2D eigenvalue weighted by atomic mass is 9.82. The van der Waals surface area contributed by atoms with Crippen LogP contribution in [0, 0.1) is 5.92 Å². The number of allylic oxidation sites excluding steroid dienone is 2. The monoisotopic (exact) mass is 220 g/mol. The first-order valence-corrected chi connectivity index (χ1v) is 7.07. The van der Waals surface area contributed by atoms with Crippen molar-refractivity contribution in [2.75, 3.05) is 0 Å². The van der Waals surface area contributed by atoms with Gasteiger partial charge in [0.05, 0.1) is 0 Å². The minimum Gasteiger partial charge on any atom is -0.295 e. The molecule has 0 amide bonds. The Balaban J connectivity index is 1.93. The zero-order valence-corrected chi connectivity index (χ0v) is 10.3. The summed E-state index contributed by atoms with van der Waals surface area (Å²) in [5.41, 5.74) is 1.45. The Morgan fingerprint density at radius 3 is 2.38 bits per heavy atom. The van der Waals surface area contributed by atoms with E-state index >= 15 is 0 Å². The summed E-state index contributed by atoms with van der Waals surface area (Å²) in [4.78, 5) is 11.6. The van der Waals surface area contributed by atoms with Gasteiger partial charge in [0.2, 0.25) is 0 Å². The van der Waals surface area contributed by atoms with E-state index in [-0.39, 0.29) is 0 Å². The first-order valence-electron chi connectivity index (χ1n) is 7.07. The maximum absolute atomic E-state index is 11.6. The minimum absolute atomic E-state index is 0.392. The second-order valence-corrected chi connectivity index (χ2v) is 5.56. The smallest absolute Gasteiger partial charge is 0.155 e. The molecular weight excluding hydrogens is 196 g/mol. The van der Waals surface area contributed by atoms with E-state index in [4.69, 9.17) is 0 Å². The van der Waals surface area contributed by atoms with Crippen LogP contribution < -0.4 is 0 Å². The fourth-order valence-corrected chi connectivity index (χ4v) is 3.12. The fraction of sp³-hybridized carbons (Fsp3) is 0.800. The molecule has 0 unspecified atom stereocenters. The average Bonchev–Trinajstić information content (AvgIpc) is 2.24. The van der Waals surface area contributed by atoms with Gasteiger partial charge in [-0.25, -0.2) is 0 Å². The van der Waals surface area contributed by atoms with Gasteiger partial charge in [0, 0.05) is 6.42 Å². The van der Waals surface area contributed by atoms with Crippen molar-refractivity contribution in [3.05, 3.63) is 11.6 Å². The molecule has 0 heterocycles. The summed E-state index contributed by atoms with van der Waals surface area (Å²) in [5, 5.41) is 0. The Kier molecular flexibility index (Phi) is 4.62. The molecule has 2 aliphatic rings. The Morgan fingerprint density at radius 1 is 0.875 bits per heavy atom. The van der Waals surface area contributed by atoms with Crippen LogP contribution in [0.1, 0.15) is 70.6 Å². The van der Waals surface area contributed by atoms with Gasteiger partial charge in [-0.15, -0.1) is 0 Å². The van der Waals surface area contributed by atoms with Gasteiger partial charge in [-0.3, -0.25) is 4.79 Å². The quantitative estimate of drug-likeness (QED) is 0.590. The van der Waals surface area contributed by atoms with E-state index < -0.39 is 0 Å². The lowest BCUT2D eigenvalue weighted by molar-refractivity contribution is -0.116. The van der Waals surface area contributed by atoms with Crippen LogP contribution in [-0.4, -0.2) is 5.78 Å². The van der Waals surface area contributed by atoms with Crippen LogP contribution in [0.3, 0.4) is 0 Å². The third kappa shape index (κ3) is 3.77. The van der Waals surface area contributed by atoms with Crippen molar-refractivity contribution in [1.29, 1.82) is 0 Å². The van der Waals surface area contributed by atoms with E-state index in [9.17, 15) is 4.79 Å². The molecule has 16 heavy (non-hydrogen) atoms. The molecule has 0 aromatic rings. The number of hydrogen-bond donors (Lipinski definition) is 0. The van der Waals surface area contributed by atoms with Gasteiger partial charge in [-0.05, 0) is 37.7 Å². The normalized spacial score (nSPS) is 28.9. The fourth-order valence-electron chi connectivity index (χ4n) is 3.12. The first-order chi connectivity index (χ1) is 7.84. The van der Waals surface area contributed by atoms with E-state index in [1.54, 1.807) is 0 Å². The molecule has 0 radical (unpaired) electrons. The summed E-state index contributed by atoms with van der Waals surface area (Å²) < 4.78 is 0. The molecule has 2 bridgehead atoms. The summed E-state index contributed by atoms with van der Waals surface area (Å²) in [6.07, 6.45) is 16.0. The van der Waals surface area contributed by atoms with Crippen LogP contribution in [0.4, 0.5) is 0 Å². The first kappa shape index (κ1) is 11.9. The number of carbonyl (C=O) groups excluding carboxylic acids is 1. The van der Waals surface area contributed by atoms with Crippen molar-refractivity contribution in [1.82, 2.24) is 0 Å². The molecule has 0 aliphatic heterocycles. The Labute approximate surface area is 99.3 Å². The number of hydrogen-bond acceptors (Lipinski definition) is 1. The van der Waals surface area contributed by atoms with Gasteiger partial charge >= 0.3 is 0 Å². The maximum Gasteiger partial charge on any atom is 0.155 e. The van der Waals surface area contributed by atoms with Crippen molar-refractivity contribution >= 4 is 5.78 Å². The third-order valence-electron chi connectivity index (χ3n) is 4.02. The number of carbonyl (C=O) groups is 1. The minimum atomic E-state index is 0.392. The Hall–Kier alpha value is -0.590. The van der Waals surface area contributed by atoms with Crippen LogP contribution in [0.2, 0.25) is 0 Å². The zero-order valence-electron chi connectivity index (χ0n) is 10.3. The van der Waals surface area contributed by atoms with Crippen LogP contribution in [-0.2, 0) is 4.79 Å². The second kappa shape index (κ2) is 6.22. The van der Waals surface area contributed by atoms with Crippen molar-refractivity contribution in [3.8, 4) is 0 Å². The highest BCUT2D eigenvalue weighted by molar-refractivity contribution is 5.91. The molecule has 2 rings (SSSR count). The van der Waals surface area contributed by atoms with Gasteiger partial charge < -0.3 is 0 Å². The Morgan fingerprint density at radius 2 is 1.56 bits per heavy atom. The lowest BCUT2D eigenvalue weighted by Crippen LogP contribution is -2.14. The summed E-state index contributed by atoms with van der Waals surface area (Å²) in [7, 11) is 0. The molecule has 1 nitrogen and oxygen atoms in total. The largest absolute Gasteiger partial charge is 0.295 e. The summed E-state index contributed by atoms with van der Waals surface area (Å²) in [6, 6.07) is 0. The zero-order chi connectivity index (χ0) is 11.2. The molecule has 2 aliphatic carbocycles. The second-order valence-electron chi connectivity index (χ2n) is 5.56. The standard InChI is InChI=1S/C15H24O/c16-15-11-13-8-6-4-2-1-3-5-7-9-14(10-13)12-15/h11,14H,1-10,12H2/t14-/m0/s1. The number of ketones is 1. The van der Waals surface area contributed by atoms with Crippen LogP contribution in [0.5, 0.6) is 0 Å². The van der Waals surface area contributed by atoms with Gasteiger partial charge in [0.15, 0.2) is 5.78 Å². The van der Waals surface area contributed by atoms with Crippen molar-refractivity contribution < 1.29 is 4.79 Å². The molecule has 1 saturated carbocycles. The van der Waals surface area contributed by atoms with E-state index in [0.717, 1.165) is 6.42 Å². The van der Waals surface area contributed by atoms with E-state index in [1.807, 2.05) is 6.08 Å². The molecule has 0 aromatic heterocycles. The molecule has 0 saturated heterocycles. The molecule has 90 valence electrons. The molecule has 0 spiro atoms. The predicted molar refractivity (Wildman–Crippen MR) is 67.4 cm³/mol. The highest BCUT2D eigenvalue weighted by Crippen LogP contribution is 2.30. The SMILES string of the molecule is O=C1C=C2CCCCCCCCC[C@H](C1)C2. The molecule has 1 fully saturated rings. The molecule has 0 aromatic carbocycles. The summed E-state index contributed by atoms with van der Waals surface area (Å²) in [6.45, 7) is 0. The summed E-state index contributed by atoms with van der Waals surface area (Å²) >= 11 is 0. The maximum atomic E-state index is 11.6. The number of fused-ring (bicyclic) bond motifs is 2. The van der Waals surface area contributed by atoms with E-state index in [0.29, 0.717) is 11.7 Å². The van der Waals surface area contributed by atoms with Crippen LogP contribution in [0.25, 0.3) is 0 Å². The topological polar surface area (TPSA) is 17.1 Å².